The van der Waals surface area contributed by atoms with Gasteiger partial charge in [0.25, 0.3) is 0 Å². The Kier molecular flexibility index (Phi) is 6.23. The Morgan fingerprint density at radius 1 is 1.32 bits per heavy atom. The molecule has 0 aliphatic heterocycles. The van der Waals surface area contributed by atoms with Gasteiger partial charge in [-0.2, -0.15) is 13.2 Å². The molecule has 0 spiro atoms. The predicted molar refractivity (Wildman–Crippen MR) is 61.3 cm³/mol. The molecule has 0 fully saturated rings. The lowest BCUT2D eigenvalue weighted by Gasteiger charge is -2.11. The first-order valence-electron chi connectivity index (χ1n) is 6.16. The average Bonchev–Trinajstić information content (AvgIpc) is 2.77. The maximum atomic E-state index is 11.9. The molecule has 1 heterocycles. The first-order valence-corrected chi connectivity index (χ1v) is 6.16. The summed E-state index contributed by atoms with van der Waals surface area (Å²) in [5.41, 5.74) is 0. The Morgan fingerprint density at radius 3 is 2.63 bits per heavy atom. The zero-order chi connectivity index (χ0) is 14.3. The standard InChI is InChI=1S/C11H18F3N3O2/c1-3-5-15-8(4-2)10-17-16-9(19-10)6-18-7-11(12,13)14/h8,15H,3-7H2,1-2H3. The molecule has 1 atom stereocenters. The van der Waals surface area contributed by atoms with Crippen LogP contribution in [-0.2, 0) is 11.3 Å². The summed E-state index contributed by atoms with van der Waals surface area (Å²) in [6, 6.07) is -0.0798. The van der Waals surface area contributed by atoms with E-state index in [4.69, 9.17) is 4.42 Å². The van der Waals surface area contributed by atoms with E-state index in [1.54, 1.807) is 0 Å². The SMILES string of the molecule is CCCNC(CC)c1nnc(COCC(F)(F)F)o1. The van der Waals surface area contributed by atoms with Gasteiger partial charge >= 0.3 is 6.18 Å². The summed E-state index contributed by atoms with van der Waals surface area (Å²) >= 11 is 0. The molecule has 0 aromatic carbocycles. The van der Waals surface area contributed by atoms with Crippen LogP contribution in [0.5, 0.6) is 0 Å². The molecule has 110 valence electrons. The van der Waals surface area contributed by atoms with Crippen molar-refractivity contribution < 1.29 is 22.3 Å². The van der Waals surface area contributed by atoms with Crippen molar-refractivity contribution in [3.63, 3.8) is 0 Å². The topological polar surface area (TPSA) is 60.2 Å². The van der Waals surface area contributed by atoms with E-state index in [1.807, 2.05) is 13.8 Å². The number of rotatable bonds is 8. The summed E-state index contributed by atoms with van der Waals surface area (Å²) < 4.78 is 45.4. The van der Waals surface area contributed by atoms with E-state index < -0.39 is 12.8 Å². The third-order valence-corrected chi connectivity index (χ3v) is 2.32. The fraction of sp³-hybridized carbons (Fsp3) is 0.818. The van der Waals surface area contributed by atoms with Crippen molar-refractivity contribution in [1.29, 1.82) is 0 Å². The van der Waals surface area contributed by atoms with E-state index in [0.717, 1.165) is 19.4 Å². The smallest absolute Gasteiger partial charge is 0.411 e. The monoisotopic (exact) mass is 281 g/mol. The molecule has 0 aliphatic carbocycles. The zero-order valence-corrected chi connectivity index (χ0v) is 11.0. The highest BCUT2D eigenvalue weighted by Crippen LogP contribution is 2.17. The van der Waals surface area contributed by atoms with Gasteiger partial charge in [0.1, 0.15) is 13.2 Å². The van der Waals surface area contributed by atoms with Crippen molar-refractivity contribution in [1.82, 2.24) is 15.5 Å². The Morgan fingerprint density at radius 2 is 2.05 bits per heavy atom. The maximum Gasteiger partial charge on any atom is 0.411 e. The summed E-state index contributed by atoms with van der Waals surface area (Å²) in [4.78, 5) is 0. The molecule has 5 nitrogen and oxygen atoms in total. The molecular weight excluding hydrogens is 263 g/mol. The van der Waals surface area contributed by atoms with Crippen molar-refractivity contribution in [2.24, 2.45) is 0 Å². The Labute approximate surface area is 109 Å². The fourth-order valence-electron chi connectivity index (χ4n) is 1.44. The van der Waals surface area contributed by atoms with Gasteiger partial charge in [0, 0.05) is 0 Å². The lowest BCUT2D eigenvalue weighted by atomic mass is 10.2. The molecule has 1 N–H and O–H groups in total. The van der Waals surface area contributed by atoms with E-state index in [-0.39, 0.29) is 18.5 Å². The summed E-state index contributed by atoms with van der Waals surface area (Å²) in [5.74, 6) is 0.428. The zero-order valence-electron chi connectivity index (χ0n) is 11.0. The third kappa shape index (κ3) is 6.02. The van der Waals surface area contributed by atoms with Gasteiger partial charge in [-0.25, -0.2) is 0 Å². The van der Waals surface area contributed by atoms with Crippen LogP contribution in [0.1, 0.15) is 44.5 Å². The van der Waals surface area contributed by atoms with E-state index in [1.165, 1.54) is 0 Å². The second-order valence-electron chi connectivity index (χ2n) is 4.06. The Hall–Kier alpha value is -1.15. The lowest BCUT2D eigenvalue weighted by Crippen LogP contribution is -2.21. The number of alkyl halides is 3. The number of hydrogen-bond acceptors (Lipinski definition) is 5. The highest BCUT2D eigenvalue weighted by Gasteiger charge is 2.27. The predicted octanol–water partition coefficient (Wildman–Crippen LogP) is 2.60. The molecule has 1 rings (SSSR count). The first kappa shape index (κ1) is 15.9. The quantitative estimate of drug-likeness (QED) is 0.793. The molecule has 0 radical (unpaired) electrons. The number of ether oxygens (including phenoxy) is 1. The summed E-state index contributed by atoms with van der Waals surface area (Å²) in [6.07, 6.45) is -2.63. The van der Waals surface area contributed by atoms with Crippen molar-refractivity contribution in [3.8, 4) is 0 Å². The minimum absolute atomic E-state index is 0.0519. The van der Waals surface area contributed by atoms with E-state index in [2.05, 4.69) is 20.3 Å². The van der Waals surface area contributed by atoms with Crippen LogP contribution in [0.4, 0.5) is 13.2 Å². The van der Waals surface area contributed by atoms with Crippen LogP contribution >= 0.6 is 0 Å². The van der Waals surface area contributed by atoms with Crippen LogP contribution in [0, 0.1) is 0 Å². The van der Waals surface area contributed by atoms with Crippen LogP contribution in [0.25, 0.3) is 0 Å². The second kappa shape index (κ2) is 7.44. The third-order valence-electron chi connectivity index (χ3n) is 2.32. The van der Waals surface area contributed by atoms with Crippen LogP contribution < -0.4 is 5.32 Å². The summed E-state index contributed by atoms with van der Waals surface area (Å²) in [7, 11) is 0. The molecule has 0 saturated carbocycles. The maximum absolute atomic E-state index is 11.9. The lowest BCUT2D eigenvalue weighted by molar-refractivity contribution is -0.177. The molecule has 1 aromatic heterocycles. The van der Waals surface area contributed by atoms with Crippen molar-refractivity contribution in [3.05, 3.63) is 11.8 Å². The van der Waals surface area contributed by atoms with E-state index in [9.17, 15) is 13.2 Å². The van der Waals surface area contributed by atoms with Crippen LogP contribution in [0.15, 0.2) is 4.42 Å². The summed E-state index contributed by atoms with van der Waals surface area (Å²) in [6.45, 7) is 3.13. The number of nitrogens with one attached hydrogen (secondary N) is 1. The number of halogens is 3. The Bertz CT molecular complexity index is 368. The molecule has 0 bridgehead atoms. The molecule has 8 heteroatoms. The van der Waals surface area contributed by atoms with Gasteiger partial charge < -0.3 is 14.5 Å². The van der Waals surface area contributed by atoms with Gasteiger partial charge in [-0.3, -0.25) is 0 Å². The van der Waals surface area contributed by atoms with Crippen LogP contribution in [0.2, 0.25) is 0 Å². The van der Waals surface area contributed by atoms with Crippen molar-refractivity contribution >= 4 is 0 Å². The van der Waals surface area contributed by atoms with Crippen LogP contribution in [0.3, 0.4) is 0 Å². The largest absolute Gasteiger partial charge is 0.421 e. The highest BCUT2D eigenvalue weighted by atomic mass is 19.4. The molecule has 1 unspecified atom stereocenters. The first-order chi connectivity index (χ1) is 8.96. The van der Waals surface area contributed by atoms with Gasteiger partial charge in [0.05, 0.1) is 6.04 Å². The number of hydrogen-bond donors (Lipinski definition) is 1. The molecule has 0 amide bonds. The van der Waals surface area contributed by atoms with Gasteiger partial charge in [-0.1, -0.05) is 13.8 Å². The molecule has 1 aromatic rings. The van der Waals surface area contributed by atoms with Gasteiger partial charge in [-0.15, -0.1) is 10.2 Å². The average molecular weight is 281 g/mol. The van der Waals surface area contributed by atoms with Gasteiger partial charge in [-0.05, 0) is 19.4 Å². The van der Waals surface area contributed by atoms with Gasteiger partial charge in [0.2, 0.25) is 11.8 Å². The van der Waals surface area contributed by atoms with Gasteiger partial charge in [0.15, 0.2) is 0 Å². The Balaban J connectivity index is 2.46. The molecular formula is C11H18F3N3O2. The number of aromatic nitrogens is 2. The molecule has 19 heavy (non-hydrogen) atoms. The number of nitrogens with zero attached hydrogens (tertiary/aromatic N) is 2. The van der Waals surface area contributed by atoms with Crippen molar-refractivity contribution in [2.45, 2.75) is 45.5 Å². The molecule has 0 saturated heterocycles. The summed E-state index contributed by atoms with van der Waals surface area (Å²) in [5, 5.41) is 10.7. The van der Waals surface area contributed by atoms with Crippen LogP contribution in [-0.4, -0.2) is 29.5 Å². The normalized spacial score (nSPS) is 13.7. The molecule has 0 aliphatic rings. The van der Waals surface area contributed by atoms with E-state index >= 15 is 0 Å². The second-order valence-corrected chi connectivity index (χ2v) is 4.06. The van der Waals surface area contributed by atoms with E-state index in [0.29, 0.717) is 5.89 Å². The minimum Gasteiger partial charge on any atom is -0.421 e. The fourth-order valence-corrected chi connectivity index (χ4v) is 1.44. The van der Waals surface area contributed by atoms with Crippen molar-refractivity contribution in [2.75, 3.05) is 13.2 Å². The highest BCUT2D eigenvalue weighted by molar-refractivity contribution is 4.89. The minimum atomic E-state index is -4.35.